The van der Waals surface area contributed by atoms with E-state index >= 15 is 0 Å². The van der Waals surface area contributed by atoms with Gasteiger partial charge in [0.05, 0.1) is 39.7 Å². The summed E-state index contributed by atoms with van der Waals surface area (Å²) in [5.41, 5.74) is 8.35. The lowest BCUT2D eigenvalue weighted by molar-refractivity contribution is -0.127. The van der Waals surface area contributed by atoms with Gasteiger partial charge in [-0.25, -0.2) is 13.2 Å². The van der Waals surface area contributed by atoms with Gasteiger partial charge in [-0.2, -0.15) is 19.7 Å². The van der Waals surface area contributed by atoms with E-state index in [4.69, 9.17) is 41.1 Å². The minimum absolute atomic E-state index is 0.00824. The summed E-state index contributed by atoms with van der Waals surface area (Å²) in [6.07, 6.45) is 18.1. The number of aryl methyl sites for hydroxylation is 1. The van der Waals surface area contributed by atoms with Crippen molar-refractivity contribution < 1.29 is 46.2 Å². The Bertz CT molecular complexity index is 4860. The molecule has 12 aromatic rings. The Hall–Kier alpha value is -11.8. The molecule has 3 amide bonds. The molecule has 3 atom stereocenters. The van der Waals surface area contributed by atoms with Gasteiger partial charge in [-0.1, -0.05) is 55.6 Å². The number of rotatable bonds is 15. The molecule has 15 rings (SSSR count). The minimum atomic E-state index is -1.03. The summed E-state index contributed by atoms with van der Waals surface area (Å²) in [4.78, 5) is 54.4. The predicted octanol–water partition coefficient (Wildman–Crippen LogP) is 16.5. The second-order valence-electron chi connectivity index (χ2n) is 24.1. The normalized spacial score (nSPS) is 15.8. The molecule has 0 unspecified atom stereocenters. The number of hydrogen-bond donors (Lipinski definition) is 0. The second-order valence-corrected chi connectivity index (χ2v) is 24.5. The van der Waals surface area contributed by atoms with Crippen LogP contribution in [0, 0.1) is 30.2 Å². The maximum atomic E-state index is 14.3. The Morgan fingerprint density at radius 1 is 0.450 bits per heavy atom. The maximum Gasteiger partial charge on any atom is 0.246 e. The first-order valence-electron chi connectivity index (χ1n) is 32.3. The second kappa shape index (κ2) is 29.5. The summed E-state index contributed by atoms with van der Waals surface area (Å²) in [5.74, 6) is -1.67. The summed E-state index contributed by atoms with van der Waals surface area (Å²) in [6.45, 7) is 16.3. The number of pyridine rings is 3. The Kier molecular flexibility index (Phi) is 19.7. The topological polar surface area (TPSA) is 181 Å². The first-order chi connectivity index (χ1) is 48.6. The number of nitrogens with zero attached hydrogens (tertiary/aromatic N) is 12. The van der Waals surface area contributed by atoms with Crippen molar-refractivity contribution in [2.24, 2.45) is 0 Å². The fourth-order valence-corrected chi connectivity index (χ4v) is 12.9. The summed E-state index contributed by atoms with van der Waals surface area (Å²) in [5, 5.41) is 17.5. The zero-order valence-corrected chi connectivity index (χ0v) is 54.9. The molecule has 0 aliphatic carbocycles. The molecule has 0 N–H and O–H groups in total. The number of piperidine rings is 1. The fourth-order valence-electron chi connectivity index (χ4n) is 12.7. The van der Waals surface area contributed by atoms with Gasteiger partial charge in [-0.15, -0.1) is 0 Å². The molecule has 6 aromatic carbocycles. The van der Waals surface area contributed by atoms with Crippen LogP contribution in [-0.4, -0.2) is 116 Å². The quantitative estimate of drug-likeness (QED) is 0.0701. The first-order valence-corrected chi connectivity index (χ1v) is 32.7. The average Bonchev–Trinajstić information content (AvgIpc) is 1.63. The Morgan fingerprint density at radius 3 is 1.22 bits per heavy atom. The summed E-state index contributed by atoms with van der Waals surface area (Å²) < 4.78 is 78.7. The molecule has 3 aliphatic heterocycles. The molecule has 0 bridgehead atoms. The van der Waals surface area contributed by atoms with Crippen molar-refractivity contribution in [1.29, 1.82) is 0 Å². The van der Waals surface area contributed by atoms with Crippen LogP contribution >= 0.6 is 11.6 Å². The van der Waals surface area contributed by atoms with E-state index in [-0.39, 0.29) is 63.9 Å². The monoisotopic (exact) mass is 1360 g/mol. The Morgan fingerprint density at radius 2 is 0.810 bits per heavy atom. The zero-order chi connectivity index (χ0) is 69.6. The smallest absolute Gasteiger partial charge is 0.246 e. The SMILES string of the molecule is C=CC(=O)N1CCC[C@@H](n2nc(-c3ccc(Oc4cccc(C)c4F)cc3)c3cnccc32)C1.C=CC(=O)N1CC[C@@H](n2nc(-c3ccc(Oc4cccc(Cl)c4F)cc3)c3cnccc32)C1.C=CC(=O)N1CC[C@@H](n2nc(-c3ccc(Oc4cccc(F)c4F)cc3)c3cnccc32)C1. The molecule has 23 heteroatoms. The molecular weight excluding hydrogens is 1300 g/mol. The molecule has 100 heavy (non-hydrogen) atoms. The molecule has 6 aromatic heterocycles. The highest BCUT2D eigenvalue weighted by Gasteiger charge is 2.32. The van der Waals surface area contributed by atoms with E-state index in [0.29, 0.717) is 55.5 Å². The Balaban J connectivity index is 0.000000134. The van der Waals surface area contributed by atoms with E-state index in [1.807, 2.05) is 91.9 Å². The number of hydrogen-bond acceptors (Lipinski definition) is 12. The molecule has 0 saturated carbocycles. The van der Waals surface area contributed by atoms with Gasteiger partial charge >= 0.3 is 0 Å². The number of halogens is 5. The van der Waals surface area contributed by atoms with Gasteiger partial charge in [0.15, 0.2) is 34.7 Å². The van der Waals surface area contributed by atoms with Gasteiger partial charge in [0.1, 0.15) is 34.3 Å². The van der Waals surface area contributed by atoms with Gasteiger partial charge < -0.3 is 28.9 Å². The third-order valence-electron chi connectivity index (χ3n) is 17.8. The van der Waals surface area contributed by atoms with Crippen molar-refractivity contribution in [1.82, 2.24) is 59.0 Å². The van der Waals surface area contributed by atoms with E-state index in [0.717, 1.165) is 105 Å². The van der Waals surface area contributed by atoms with E-state index < -0.39 is 17.5 Å². The van der Waals surface area contributed by atoms with Crippen molar-refractivity contribution in [3.63, 3.8) is 0 Å². The van der Waals surface area contributed by atoms with E-state index in [1.165, 1.54) is 42.5 Å². The fraction of sp³-hybridized carbons (Fsp3) is 0.182. The van der Waals surface area contributed by atoms with Crippen LogP contribution in [0.1, 0.15) is 49.4 Å². The highest BCUT2D eigenvalue weighted by molar-refractivity contribution is 6.30. The number of likely N-dealkylation sites (tertiary alicyclic amines) is 3. The molecule has 18 nitrogen and oxygen atoms in total. The van der Waals surface area contributed by atoms with Crippen molar-refractivity contribution in [3.8, 4) is 68.3 Å². The highest BCUT2D eigenvalue weighted by Crippen LogP contribution is 2.39. The number of benzene rings is 6. The first kappa shape index (κ1) is 66.8. The summed E-state index contributed by atoms with van der Waals surface area (Å²) in [6, 6.07) is 41.2. The zero-order valence-electron chi connectivity index (χ0n) is 54.2. The molecule has 0 radical (unpaired) electrons. The van der Waals surface area contributed by atoms with Crippen molar-refractivity contribution in [2.75, 3.05) is 39.3 Å². The number of carbonyl (C=O) groups is 3. The van der Waals surface area contributed by atoms with Crippen LogP contribution in [0.15, 0.2) is 221 Å². The van der Waals surface area contributed by atoms with Gasteiger partial charge in [0.25, 0.3) is 0 Å². The van der Waals surface area contributed by atoms with Gasteiger partial charge in [-0.3, -0.25) is 43.4 Å². The van der Waals surface area contributed by atoms with Crippen molar-refractivity contribution >= 4 is 62.0 Å². The number of amides is 3. The molecule has 9 heterocycles. The molecule has 3 aliphatic rings. The average molecular weight is 1370 g/mol. The third-order valence-corrected chi connectivity index (χ3v) is 18.1. The van der Waals surface area contributed by atoms with E-state index in [1.54, 1.807) is 96.2 Å². The highest BCUT2D eigenvalue weighted by atomic mass is 35.5. The van der Waals surface area contributed by atoms with Crippen LogP contribution < -0.4 is 14.2 Å². The van der Waals surface area contributed by atoms with Gasteiger partial charge in [-0.05, 0) is 178 Å². The Labute approximate surface area is 577 Å². The van der Waals surface area contributed by atoms with E-state index in [2.05, 4.69) is 34.7 Å². The van der Waals surface area contributed by atoms with E-state index in [9.17, 15) is 31.9 Å². The summed E-state index contributed by atoms with van der Waals surface area (Å²) >= 11 is 5.83. The number of carbonyl (C=O) groups excluding carboxylic acids is 3. The van der Waals surface area contributed by atoms with Crippen LogP contribution in [-0.2, 0) is 14.4 Å². The number of ether oxygens (including phenoxy) is 3. The predicted molar refractivity (Wildman–Crippen MR) is 374 cm³/mol. The molecular formula is C77H65ClF4N12O6. The molecule has 504 valence electrons. The van der Waals surface area contributed by atoms with Gasteiger partial charge in [0.2, 0.25) is 23.5 Å². The molecule has 0 spiro atoms. The number of fused-ring (bicyclic) bond motifs is 3. The lowest BCUT2D eigenvalue weighted by atomic mass is 10.1. The lowest BCUT2D eigenvalue weighted by Gasteiger charge is -2.32. The molecule has 3 saturated heterocycles. The van der Waals surface area contributed by atoms with Crippen LogP contribution in [0.5, 0.6) is 34.5 Å². The lowest BCUT2D eigenvalue weighted by Crippen LogP contribution is -2.40. The number of aromatic nitrogens is 9. The third kappa shape index (κ3) is 14.0. The van der Waals surface area contributed by atoms with Crippen LogP contribution in [0.2, 0.25) is 5.02 Å². The standard InChI is InChI=1S/C27H25FN4O2.C25H20ClFN4O2.C25H20F2N4O2/c1-3-25(33)31-15-5-7-20(17-31)32-23-13-14-29-16-22(23)27(30-32)19-9-11-21(12-10-19)34-24-8-4-6-18(2)26(24)28;2*1-2-23(32)30-13-11-17(15-30)31-21-10-12-28-14-19(21)25(29-31)16-6-8-18(9-7-16)33-22-5-3-4-20(26)24(22)27/h3-4,6,8-14,16,20H,1,5,7,15,17H2,2H3;2*2-10,12,14,17H,1,11,13,15H2/t20-;2*17-/m111/s1. The molecule has 3 fully saturated rings. The minimum Gasteiger partial charge on any atom is -0.454 e. The maximum absolute atomic E-state index is 14.3. The van der Waals surface area contributed by atoms with Crippen LogP contribution in [0.4, 0.5) is 17.6 Å². The van der Waals surface area contributed by atoms with Crippen molar-refractivity contribution in [3.05, 3.63) is 255 Å². The van der Waals surface area contributed by atoms with Gasteiger partial charge in [0, 0.05) is 109 Å². The van der Waals surface area contributed by atoms with Crippen molar-refractivity contribution in [2.45, 2.75) is 50.7 Å². The van der Waals surface area contributed by atoms with Crippen LogP contribution in [0.25, 0.3) is 66.5 Å². The summed E-state index contributed by atoms with van der Waals surface area (Å²) in [7, 11) is 0. The largest absolute Gasteiger partial charge is 0.454 e. The van der Waals surface area contributed by atoms with Crippen LogP contribution in [0.3, 0.4) is 0 Å².